The largest absolute Gasteiger partial charge is 0.461 e. The Morgan fingerprint density at radius 3 is 1.09 bits per heavy atom. The van der Waals surface area contributed by atoms with E-state index < -0.39 is 50.9 Å². The smallest absolute Gasteiger partial charge is 0.171 e. The first-order valence-electron chi connectivity index (χ1n) is 13.7. The zero-order valence-electron chi connectivity index (χ0n) is 26.3. The second-order valence-electron chi connectivity index (χ2n) is 13.9. The van der Waals surface area contributed by atoms with Crippen molar-refractivity contribution in [1.82, 2.24) is 0 Å². The topological polar surface area (TPSA) is 46.2 Å². The molecule has 0 unspecified atom stereocenters. The zero-order chi connectivity index (χ0) is 27.8. The molecular formula is C20H64O5Si10. The Morgan fingerprint density at radius 1 is 0.457 bits per heavy atom. The molecule has 0 aliphatic heterocycles. The molecule has 0 heterocycles. The molecule has 0 saturated carbocycles. The van der Waals surface area contributed by atoms with Gasteiger partial charge in [0, 0.05) is 29.9 Å². The Hall–Kier alpha value is 1.97. The summed E-state index contributed by atoms with van der Waals surface area (Å²) >= 11 is 0. The summed E-state index contributed by atoms with van der Waals surface area (Å²) in [7, 11) is -5.58. The highest BCUT2D eigenvalue weighted by molar-refractivity contribution is 6.88. The van der Waals surface area contributed by atoms with Crippen LogP contribution in [-0.2, 0) is 21.2 Å². The fourth-order valence-electron chi connectivity index (χ4n) is 2.87. The summed E-state index contributed by atoms with van der Waals surface area (Å²) in [5, 5.41) is 0. The van der Waals surface area contributed by atoms with E-state index in [1.807, 2.05) is 7.11 Å². The molecule has 0 rings (SSSR count). The van der Waals surface area contributed by atoms with E-state index in [1.165, 1.54) is 28.3 Å². The van der Waals surface area contributed by atoms with Gasteiger partial charge in [-0.15, -0.1) is 0 Å². The van der Waals surface area contributed by atoms with Gasteiger partial charge in [-0.05, 0) is 74.5 Å². The summed E-state index contributed by atoms with van der Waals surface area (Å²) in [6.07, 6.45) is 0. The maximum atomic E-state index is 6.39. The van der Waals surface area contributed by atoms with Crippen LogP contribution in [0.2, 0.25) is 107 Å². The van der Waals surface area contributed by atoms with Crippen molar-refractivity contribution in [1.29, 1.82) is 0 Å². The molecule has 0 aromatic heterocycles. The molecule has 0 aromatic carbocycles. The molecule has 0 aromatic rings. The molecule has 0 spiro atoms. The average molecular weight is 666 g/mol. The fourth-order valence-corrected chi connectivity index (χ4v) is 31.6. The van der Waals surface area contributed by atoms with Crippen molar-refractivity contribution in [3.63, 3.8) is 0 Å². The summed E-state index contributed by atoms with van der Waals surface area (Å²) < 4.78 is 29.8. The molecule has 0 radical (unpaired) electrons. The van der Waals surface area contributed by atoms with Crippen molar-refractivity contribution in [3.8, 4) is 0 Å². The van der Waals surface area contributed by atoms with Crippen molar-refractivity contribution >= 4 is 89.9 Å². The highest BCUT2D eigenvalue weighted by Gasteiger charge is 2.27. The van der Waals surface area contributed by atoms with Crippen LogP contribution in [0, 0.1) is 0 Å². The predicted molar refractivity (Wildman–Crippen MR) is 188 cm³/mol. The van der Waals surface area contributed by atoms with Gasteiger partial charge in [-0.3, -0.25) is 0 Å². The van der Waals surface area contributed by atoms with Crippen molar-refractivity contribution in [2.24, 2.45) is 0 Å². The molecule has 0 bridgehead atoms. The third-order valence-corrected chi connectivity index (χ3v) is 49.3. The van der Waals surface area contributed by atoms with Gasteiger partial charge in [0.25, 0.3) is 0 Å². The van der Waals surface area contributed by atoms with Gasteiger partial charge in [-0.1, -0.05) is 39.3 Å². The molecule has 214 valence electrons. The maximum absolute atomic E-state index is 6.39. The third-order valence-electron chi connectivity index (χ3n) is 5.85. The van der Waals surface area contributed by atoms with Crippen molar-refractivity contribution in [2.75, 3.05) is 13.7 Å². The van der Waals surface area contributed by atoms with E-state index in [9.17, 15) is 0 Å². The monoisotopic (exact) mass is 664 g/mol. The van der Waals surface area contributed by atoms with Crippen molar-refractivity contribution < 1.29 is 21.2 Å². The highest BCUT2D eigenvalue weighted by Crippen LogP contribution is 2.16. The van der Waals surface area contributed by atoms with Crippen molar-refractivity contribution in [2.45, 2.75) is 114 Å². The average Bonchev–Trinajstić information content (AvgIpc) is 2.64. The van der Waals surface area contributed by atoms with Crippen LogP contribution in [0.15, 0.2) is 0 Å². The van der Waals surface area contributed by atoms with Gasteiger partial charge in [0.15, 0.2) is 44.5 Å². The van der Waals surface area contributed by atoms with Crippen LogP contribution in [0.4, 0.5) is 0 Å². The first-order chi connectivity index (χ1) is 15.7. The minimum atomic E-state index is -1.42. The van der Waals surface area contributed by atoms with E-state index in [0.717, 1.165) is 6.61 Å². The molecule has 0 amide bonds. The van der Waals surface area contributed by atoms with E-state index in [1.54, 1.807) is 0 Å². The second-order valence-corrected chi connectivity index (χ2v) is 51.2. The molecule has 0 aliphatic rings. The van der Waals surface area contributed by atoms with E-state index in [0.29, 0.717) is 0 Å². The van der Waals surface area contributed by atoms with E-state index >= 15 is 0 Å². The first-order valence-corrected chi connectivity index (χ1v) is 38.4. The molecule has 0 saturated heterocycles. The molecule has 0 atom stereocenters. The molecule has 0 fully saturated rings. The quantitative estimate of drug-likeness (QED) is 0.157. The Bertz CT molecular complexity index is 525. The summed E-state index contributed by atoms with van der Waals surface area (Å²) in [6, 6.07) is 0. The summed E-state index contributed by atoms with van der Waals surface area (Å²) in [5.41, 5.74) is 6.69. The van der Waals surface area contributed by atoms with Crippen LogP contribution < -0.4 is 0 Å². The summed E-state index contributed by atoms with van der Waals surface area (Å²) in [5.74, 6) is 0. The van der Waals surface area contributed by atoms with Gasteiger partial charge in [-0.25, -0.2) is 0 Å². The van der Waals surface area contributed by atoms with Crippen LogP contribution in [-0.4, -0.2) is 104 Å². The van der Waals surface area contributed by atoms with Gasteiger partial charge >= 0.3 is 0 Å². The van der Waals surface area contributed by atoms with Crippen molar-refractivity contribution in [3.05, 3.63) is 0 Å². The van der Waals surface area contributed by atoms with E-state index in [-0.39, 0.29) is 39.1 Å². The summed E-state index contributed by atoms with van der Waals surface area (Å²) in [4.78, 5) is 0. The predicted octanol–water partition coefficient (Wildman–Crippen LogP) is 3.20. The van der Waals surface area contributed by atoms with Crippen LogP contribution >= 0.6 is 0 Å². The molecule has 15 heteroatoms. The fraction of sp³-hybridized carbons (Fsp3) is 1.00. The summed E-state index contributed by atoms with van der Waals surface area (Å²) in [6.45, 7) is 31.8. The Labute approximate surface area is 237 Å². The van der Waals surface area contributed by atoms with Gasteiger partial charge in [0.1, 0.15) is 29.3 Å². The van der Waals surface area contributed by atoms with Gasteiger partial charge in [0.2, 0.25) is 0 Å². The Kier molecular flexibility index (Phi) is 21.4. The Balaban J connectivity index is 0. The van der Waals surface area contributed by atoms with Crippen LogP contribution in [0.1, 0.15) is 6.92 Å². The lowest BCUT2D eigenvalue weighted by Gasteiger charge is -2.28. The molecule has 0 aliphatic carbocycles. The maximum Gasteiger partial charge on any atom is 0.171 e. The third kappa shape index (κ3) is 30.4. The molecule has 0 N–H and O–H groups in total. The normalized spacial score (nSPS) is 15.3. The first kappa shape index (κ1) is 39.1. The second kappa shape index (κ2) is 19.1. The van der Waals surface area contributed by atoms with Gasteiger partial charge in [-0.2, -0.15) is 0 Å². The lowest BCUT2D eigenvalue weighted by atomic mass is 10.9. The number of rotatable bonds is 19. The standard InChI is InChI=1S/C12H38O3Si6.C8H26O2Si4/c1-9-13-16-11-20(5,6)15-18-12-21(7,8)14-17-10-19(2,3)4;1-9-11-8-14(5,6)10-12-7-13(2,3)4/h9-12,16-18H2,1-8H3;7-8,11-12H2,1-6H3. The number of hydrogen-bond acceptors (Lipinski definition) is 5. The van der Waals surface area contributed by atoms with Crippen LogP contribution in [0.25, 0.3) is 0 Å². The molecule has 35 heavy (non-hydrogen) atoms. The van der Waals surface area contributed by atoms with Crippen LogP contribution in [0.3, 0.4) is 0 Å². The lowest BCUT2D eigenvalue weighted by molar-refractivity contribution is 0.361. The number of hydrogen-bond donors (Lipinski definition) is 0. The van der Waals surface area contributed by atoms with Gasteiger partial charge < -0.3 is 21.2 Å². The van der Waals surface area contributed by atoms with Crippen LogP contribution in [0.5, 0.6) is 0 Å². The lowest BCUT2D eigenvalue weighted by Crippen LogP contribution is -2.40. The SMILES string of the molecule is CCO[SiH2]C[Si](C)(C)O[SiH2]C[Si](C)(C)O[SiH2]C[Si](C)(C)C.CO[SiH2]C[Si](C)(C)O[SiH2]C[Si](C)(C)C. The minimum absolute atomic E-state index is 0.235. The van der Waals surface area contributed by atoms with E-state index in [2.05, 4.69) is 85.5 Å². The molecular weight excluding hydrogens is 601 g/mol. The van der Waals surface area contributed by atoms with E-state index in [4.69, 9.17) is 21.2 Å². The molecule has 5 nitrogen and oxygen atoms in total. The zero-order valence-corrected chi connectivity index (χ0v) is 38.4. The Morgan fingerprint density at radius 2 is 0.771 bits per heavy atom. The minimum Gasteiger partial charge on any atom is -0.461 e. The highest BCUT2D eigenvalue weighted by atomic mass is 28.4. The van der Waals surface area contributed by atoms with Gasteiger partial charge in [0.05, 0.1) is 0 Å².